The van der Waals surface area contributed by atoms with Crippen molar-refractivity contribution in [1.82, 2.24) is 4.90 Å². The summed E-state index contributed by atoms with van der Waals surface area (Å²) >= 11 is 7.41. The molecule has 1 heterocycles. The molecule has 6 heteroatoms. The van der Waals surface area contributed by atoms with Gasteiger partial charge in [0.25, 0.3) is 0 Å². The fourth-order valence-electron chi connectivity index (χ4n) is 2.45. The third kappa shape index (κ3) is 5.18. The van der Waals surface area contributed by atoms with E-state index in [-0.39, 0.29) is 18.1 Å². The van der Waals surface area contributed by atoms with Gasteiger partial charge in [-0.15, -0.1) is 17.9 Å². The van der Waals surface area contributed by atoms with E-state index < -0.39 is 0 Å². The largest absolute Gasteiger partial charge is 0.496 e. The number of carbonyl (C=O) groups is 2. The van der Waals surface area contributed by atoms with Gasteiger partial charge in [0.1, 0.15) is 5.75 Å². The molecule has 0 radical (unpaired) electrons. The molecule has 0 bridgehead atoms. The molecule has 0 aliphatic rings. The Morgan fingerprint density at radius 1 is 1.32 bits per heavy atom. The van der Waals surface area contributed by atoms with Crippen molar-refractivity contribution in [2.45, 2.75) is 19.9 Å². The molecule has 0 aliphatic carbocycles. The fourth-order valence-corrected chi connectivity index (χ4v) is 3.55. The van der Waals surface area contributed by atoms with E-state index in [1.165, 1.54) is 18.3 Å². The van der Waals surface area contributed by atoms with E-state index >= 15 is 0 Å². The lowest BCUT2D eigenvalue weighted by molar-refractivity contribution is -0.130. The molecular weight excluding hydrogens is 358 g/mol. The molecule has 2 aromatic rings. The highest BCUT2D eigenvalue weighted by atomic mass is 35.5. The van der Waals surface area contributed by atoms with Crippen LogP contribution in [-0.2, 0) is 17.8 Å². The standard InChI is InChI=1S/C19H20ClNO3S/c1-4-9-21(12-16-6-8-18(20)25-16)19(23)11-15-10-14(13(2)22)5-7-17(15)24-3/h4-8,10H,1,9,11-12H2,2-3H3. The number of carbonyl (C=O) groups excluding carboxylic acids is 2. The molecule has 0 atom stereocenters. The number of hydrogen-bond acceptors (Lipinski definition) is 4. The second-order valence-electron chi connectivity index (χ2n) is 5.53. The van der Waals surface area contributed by atoms with Gasteiger partial charge in [-0.25, -0.2) is 0 Å². The summed E-state index contributed by atoms with van der Waals surface area (Å²) < 4.78 is 6.02. The maximum Gasteiger partial charge on any atom is 0.227 e. The first-order valence-corrected chi connectivity index (χ1v) is 8.94. The van der Waals surface area contributed by atoms with Crippen LogP contribution in [0.3, 0.4) is 0 Å². The molecule has 0 N–H and O–H groups in total. The van der Waals surface area contributed by atoms with Crippen LogP contribution in [0.15, 0.2) is 43.0 Å². The predicted molar refractivity (Wildman–Crippen MR) is 102 cm³/mol. The molecule has 25 heavy (non-hydrogen) atoms. The number of methoxy groups -OCH3 is 1. The molecule has 1 aromatic heterocycles. The first-order valence-electron chi connectivity index (χ1n) is 7.75. The van der Waals surface area contributed by atoms with Crippen molar-refractivity contribution in [2.24, 2.45) is 0 Å². The first-order chi connectivity index (χ1) is 11.9. The van der Waals surface area contributed by atoms with Gasteiger partial charge in [0, 0.05) is 22.5 Å². The minimum Gasteiger partial charge on any atom is -0.496 e. The van der Waals surface area contributed by atoms with E-state index in [4.69, 9.17) is 16.3 Å². The van der Waals surface area contributed by atoms with Gasteiger partial charge in [0.2, 0.25) is 5.91 Å². The summed E-state index contributed by atoms with van der Waals surface area (Å²) in [4.78, 5) is 27.1. The van der Waals surface area contributed by atoms with Crippen LogP contribution in [0.25, 0.3) is 0 Å². The predicted octanol–water partition coefficient (Wildman–Crippen LogP) is 4.37. The van der Waals surface area contributed by atoms with Crippen LogP contribution >= 0.6 is 22.9 Å². The van der Waals surface area contributed by atoms with Crippen molar-refractivity contribution in [1.29, 1.82) is 0 Å². The fraction of sp³-hybridized carbons (Fsp3) is 0.263. The van der Waals surface area contributed by atoms with Crippen LogP contribution in [-0.4, -0.2) is 30.2 Å². The van der Waals surface area contributed by atoms with Gasteiger partial charge < -0.3 is 9.64 Å². The van der Waals surface area contributed by atoms with Crippen molar-refractivity contribution in [3.63, 3.8) is 0 Å². The Bertz CT molecular complexity index is 785. The van der Waals surface area contributed by atoms with Gasteiger partial charge in [0.05, 0.1) is 24.4 Å². The van der Waals surface area contributed by atoms with Gasteiger partial charge in [-0.3, -0.25) is 9.59 Å². The molecule has 2 rings (SSSR count). The van der Waals surface area contributed by atoms with Gasteiger partial charge in [-0.2, -0.15) is 0 Å². The highest BCUT2D eigenvalue weighted by molar-refractivity contribution is 7.16. The molecule has 4 nitrogen and oxygen atoms in total. The second kappa shape index (κ2) is 8.83. The maximum atomic E-state index is 12.8. The number of Topliss-reactive ketones (excluding diaryl/α,β-unsaturated/α-hetero) is 1. The highest BCUT2D eigenvalue weighted by Crippen LogP contribution is 2.24. The molecule has 0 fully saturated rings. The Morgan fingerprint density at radius 3 is 2.64 bits per heavy atom. The lowest BCUT2D eigenvalue weighted by Gasteiger charge is -2.21. The summed E-state index contributed by atoms with van der Waals surface area (Å²) in [6.45, 7) is 6.12. The van der Waals surface area contributed by atoms with E-state index in [9.17, 15) is 9.59 Å². The quantitative estimate of drug-likeness (QED) is 0.507. The van der Waals surface area contributed by atoms with Gasteiger partial charge >= 0.3 is 0 Å². The summed E-state index contributed by atoms with van der Waals surface area (Å²) in [6, 6.07) is 8.86. The number of rotatable bonds is 8. The van der Waals surface area contributed by atoms with Crippen molar-refractivity contribution in [3.05, 3.63) is 63.3 Å². The minimum absolute atomic E-state index is 0.0486. The van der Waals surface area contributed by atoms with Crippen LogP contribution in [0.1, 0.15) is 27.7 Å². The number of nitrogens with zero attached hydrogens (tertiary/aromatic N) is 1. The molecule has 0 spiro atoms. The topological polar surface area (TPSA) is 46.6 Å². The van der Waals surface area contributed by atoms with E-state index in [0.717, 1.165) is 4.88 Å². The number of halogens is 1. The lowest BCUT2D eigenvalue weighted by Crippen LogP contribution is -2.31. The number of hydrogen-bond donors (Lipinski definition) is 0. The molecule has 1 amide bonds. The summed E-state index contributed by atoms with van der Waals surface area (Å²) in [6.07, 6.45) is 1.84. The van der Waals surface area contributed by atoms with Crippen molar-refractivity contribution in [3.8, 4) is 5.75 Å². The molecule has 1 aromatic carbocycles. The number of amides is 1. The number of ketones is 1. The summed E-state index contributed by atoms with van der Waals surface area (Å²) in [7, 11) is 1.55. The van der Waals surface area contributed by atoms with Gasteiger partial charge in [0.15, 0.2) is 5.78 Å². The maximum absolute atomic E-state index is 12.8. The zero-order valence-corrected chi connectivity index (χ0v) is 15.8. The smallest absolute Gasteiger partial charge is 0.227 e. The molecule has 0 saturated heterocycles. The SMILES string of the molecule is C=CCN(Cc1ccc(Cl)s1)C(=O)Cc1cc(C(C)=O)ccc1OC. The van der Waals surface area contributed by atoms with Crippen molar-refractivity contribution >= 4 is 34.6 Å². The number of ether oxygens (including phenoxy) is 1. The lowest BCUT2D eigenvalue weighted by atomic mass is 10.0. The molecular formula is C19H20ClNO3S. The van der Waals surface area contributed by atoms with Crippen LogP contribution in [0.2, 0.25) is 4.34 Å². The Morgan fingerprint density at radius 2 is 2.08 bits per heavy atom. The molecule has 132 valence electrons. The van der Waals surface area contributed by atoms with Gasteiger partial charge in [-0.05, 0) is 37.3 Å². The van der Waals surface area contributed by atoms with E-state index in [0.29, 0.717) is 34.3 Å². The third-order valence-electron chi connectivity index (χ3n) is 3.71. The van der Waals surface area contributed by atoms with Crippen LogP contribution in [0.5, 0.6) is 5.75 Å². The average Bonchev–Trinajstić information content (AvgIpc) is 2.99. The van der Waals surface area contributed by atoms with Crippen LogP contribution < -0.4 is 4.74 Å². The average molecular weight is 378 g/mol. The molecule has 0 unspecified atom stereocenters. The summed E-state index contributed by atoms with van der Waals surface area (Å²) in [5, 5.41) is 0. The number of benzene rings is 1. The Labute approximate surface area is 156 Å². The van der Waals surface area contributed by atoms with Gasteiger partial charge in [-0.1, -0.05) is 17.7 Å². The van der Waals surface area contributed by atoms with Crippen molar-refractivity contribution < 1.29 is 14.3 Å². The minimum atomic E-state index is -0.0663. The summed E-state index contributed by atoms with van der Waals surface area (Å²) in [5.41, 5.74) is 1.25. The number of thiophene rings is 1. The highest BCUT2D eigenvalue weighted by Gasteiger charge is 2.17. The Kier molecular flexibility index (Phi) is 6.79. The first kappa shape index (κ1) is 19.2. The Balaban J connectivity index is 2.20. The van der Waals surface area contributed by atoms with Crippen LogP contribution in [0.4, 0.5) is 0 Å². The monoisotopic (exact) mass is 377 g/mol. The zero-order valence-electron chi connectivity index (χ0n) is 14.3. The summed E-state index contributed by atoms with van der Waals surface area (Å²) in [5.74, 6) is 0.479. The molecule has 0 aliphatic heterocycles. The third-order valence-corrected chi connectivity index (χ3v) is 4.92. The zero-order chi connectivity index (χ0) is 18.4. The van der Waals surface area contributed by atoms with E-state index in [1.807, 2.05) is 12.1 Å². The van der Waals surface area contributed by atoms with Crippen LogP contribution in [0, 0.1) is 0 Å². The second-order valence-corrected chi connectivity index (χ2v) is 7.33. The Hall–Kier alpha value is -2.11. The van der Waals surface area contributed by atoms with E-state index in [2.05, 4.69) is 6.58 Å². The van der Waals surface area contributed by atoms with E-state index in [1.54, 1.807) is 36.3 Å². The molecule has 0 saturated carbocycles. The normalized spacial score (nSPS) is 10.4. The van der Waals surface area contributed by atoms with Crippen molar-refractivity contribution in [2.75, 3.05) is 13.7 Å².